The highest BCUT2D eigenvalue weighted by atomic mass is 16.1. The van der Waals surface area contributed by atoms with Crippen LogP contribution in [-0.2, 0) is 6.54 Å². The maximum Gasteiger partial charge on any atom is 0.278 e. The molecule has 2 heterocycles. The van der Waals surface area contributed by atoms with Crippen LogP contribution in [-0.4, -0.2) is 32.5 Å². The number of nitrogens with one attached hydrogen (secondary N) is 4. The van der Waals surface area contributed by atoms with Gasteiger partial charge in [0.1, 0.15) is 0 Å². The van der Waals surface area contributed by atoms with Crippen molar-refractivity contribution in [2.75, 3.05) is 12.0 Å². The number of H-pyrrole nitrogens is 2. The summed E-state index contributed by atoms with van der Waals surface area (Å²) >= 11 is 0. The van der Waals surface area contributed by atoms with Crippen LogP contribution >= 0.6 is 0 Å². The van der Waals surface area contributed by atoms with Crippen molar-refractivity contribution in [2.45, 2.75) is 6.54 Å². The van der Waals surface area contributed by atoms with E-state index in [-0.39, 0.29) is 18.1 Å². The molecule has 148 valence electrons. The summed E-state index contributed by atoms with van der Waals surface area (Å²) in [6.45, 7) is 0.771. The highest BCUT2D eigenvalue weighted by molar-refractivity contribution is 5.94. The smallest absolute Gasteiger partial charge is 0.278 e. The summed E-state index contributed by atoms with van der Waals surface area (Å²) in [5, 5.41) is 5.56. The van der Waals surface area contributed by atoms with E-state index in [0.29, 0.717) is 29.2 Å². The minimum absolute atomic E-state index is 0.131. The lowest BCUT2D eigenvalue weighted by Crippen LogP contribution is -2.29. The fourth-order valence-corrected chi connectivity index (χ4v) is 2.49. The zero-order valence-corrected chi connectivity index (χ0v) is 15.6. The van der Waals surface area contributed by atoms with E-state index < -0.39 is 0 Å². The molecule has 0 radical (unpaired) electrons. The summed E-state index contributed by atoms with van der Waals surface area (Å²) in [6.07, 6.45) is 1.45. The Morgan fingerprint density at radius 3 is 2.41 bits per heavy atom. The van der Waals surface area contributed by atoms with E-state index in [2.05, 4.69) is 30.6 Å². The fourth-order valence-electron chi connectivity index (χ4n) is 2.49. The van der Waals surface area contributed by atoms with E-state index in [1.165, 1.54) is 6.33 Å². The van der Waals surface area contributed by atoms with Crippen molar-refractivity contribution in [1.29, 1.82) is 0 Å². The van der Waals surface area contributed by atoms with Crippen LogP contribution in [0, 0.1) is 0 Å². The third kappa shape index (κ3) is 5.50. The molecule has 0 unspecified atom stereocenters. The first-order chi connectivity index (χ1) is 14.2. The van der Waals surface area contributed by atoms with E-state index in [0.717, 1.165) is 5.56 Å². The fraction of sp³-hybridized carbons (Fsp3) is 0.100. The molecule has 0 spiro atoms. The highest BCUT2D eigenvalue weighted by Gasteiger charge is 2.05. The molecule has 4 aromatic rings. The number of hydrogen-bond acceptors (Lipinski definition) is 6. The molecular formula is C20H21N7O2. The molecule has 0 aliphatic rings. The van der Waals surface area contributed by atoms with Gasteiger partial charge >= 0.3 is 0 Å². The third-order valence-corrected chi connectivity index (χ3v) is 3.90. The highest BCUT2D eigenvalue weighted by Crippen LogP contribution is 2.05. The summed E-state index contributed by atoms with van der Waals surface area (Å²) < 4.78 is 0. The summed E-state index contributed by atoms with van der Waals surface area (Å²) in [4.78, 5) is 36.3. The van der Waals surface area contributed by atoms with Crippen molar-refractivity contribution in [3.8, 4) is 0 Å². The second-order valence-corrected chi connectivity index (χ2v) is 5.93. The SMILES string of the molecule is NCNC(=O)c1ccccc1.O=c1[nH]c(NCc2ccccc2)nc2nc[nH]c12. The van der Waals surface area contributed by atoms with E-state index >= 15 is 0 Å². The molecule has 2 aromatic heterocycles. The van der Waals surface area contributed by atoms with Crippen molar-refractivity contribution in [2.24, 2.45) is 5.73 Å². The average Bonchev–Trinajstić information content (AvgIpc) is 3.24. The number of amides is 1. The number of hydrogen-bond donors (Lipinski definition) is 5. The van der Waals surface area contributed by atoms with Gasteiger partial charge in [-0.2, -0.15) is 4.98 Å². The number of fused-ring (bicyclic) bond motifs is 1. The zero-order chi connectivity index (χ0) is 20.5. The Bertz CT molecular complexity index is 1110. The van der Waals surface area contributed by atoms with Crippen LogP contribution in [0.5, 0.6) is 0 Å². The first kappa shape index (κ1) is 19.8. The molecule has 0 aliphatic heterocycles. The number of rotatable bonds is 5. The van der Waals surface area contributed by atoms with Crippen LogP contribution in [0.1, 0.15) is 15.9 Å². The largest absolute Gasteiger partial charge is 0.352 e. The van der Waals surface area contributed by atoms with Crippen LogP contribution in [0.3, 0.4) is 0 Å². The Kier molecular flexibility index (Phi) is 6.69. The van der Waals surface area contributed by atoms with Crippen LogP contribution in [0.2, 0.25) is 0 Å². The minimum atomic E-state index is -0.229. The van der Waals surface area contributed by atoms with Crippen LogP contribution in [0.4, 0.5) is 5.95 Å². The Hall–Kier alpha value is -3.98. The van der Waals surface area contributed by atoms with Crippen LogP contribution in [0.25, 0.3) is 11.2 Å². The van der Waals surface area contributed by atoms with Gasteiger partial charge in [0, 0.05) is 12.1 Å². The number of nitrogens with zero attached hydrogens (tertiary/aromatic N) is 2. The van der Waals surface area contributed by atoms with Crippen molar-refractivity contribution in [3.63, 3.8) is 0 Å². The standard InChI is InChI=1S/C12H11N5O.C8H10N2O/c18-11-9-10(15-7-14-9)16-12(17-11)13-6-8-4-2-1-3-5-8;9-6-10-8(11)7-4-2-1-3-5-7/h1-5,7H,6H2,(H3,13,14,15,16,17,18);1-5H,6,9H2,(H,10,11). The van der Waals surface area contributed by atoms with Crippen LogP contribution < -0.4 is 21.9 Å². The number of benzene rings is 2. The van der Waals surface area contributed by atoms with Crippen molar-refractivity contribution < 1.29 is 4.79 Å². The quantitative estimate of drug-likeness (QED) is 0.327. The van der Waals surface area contributed by atoms with Crippen LogP contribution in [0.15, 0.2) is 71.8 Å². The number of anilines is 1. The monoisotopic (exact) mass is 391 g/mol. The predicted octanol–water partition coefficient (Wildman–Crippen LogP) is 1.59. The van der Waals surface area contributed by atoms with Crippen molar-refractivity contribution in [1.82, 2.24) is 25.3 Å². The number of aromatic nitrogens is 4. The number of nitrogens with two attached hydrogens (primary N) is 1. The number of carbonyl (C=O) groups is 1. The summed E-state index contributed by atoms with van der Waals surface area (Å²) in [5.41, 5.74) is 7.46. The predicted molar refractivity (Wildman–Crippen MR) is 111 cm³/mol. The van der Waals surface area contributed by atoms with Gasteiger partial charge in [0.15, 0.2) is 11.2 Å². The van der Waals surface area contributed by atoms with Gasteiger partial charge in [0.2, 0.25) is 5.95 Å². The summed E-state index contributed by atoms with van der Waals surface area (Å²) in [6, 6.07) is 18.8. The Labute approximate surface area is 166 Å². The molecule has 0 fully saturated rings. The zero-order valence-electron chi connectivity index (χ0n) is 15.6. The lowest BCUT2D eigenvalue weighted by atomic mass is 10.2. The maximum atomic E-state index is 11.7. The second kappa shape index (κ2) is 9.81. The third-order valence-electron chi connectivity index (χ3n) is 3.90. The number of carbonyl (C=O) groups excluding carboxylic acids is 1. The van der Waals surface area contributed by atoms with E-state index in [1.807, 2.05) is 48.5 Å². The second-order valence-electron chi connectivity index (χ2n) is 5.93. The first-order valence-corrected chi connectivity index (χ1v) is 8.92. The van der Waals surface area contributed by atoms with Gasteiger partial charge in [-0.05, 0) is 17.7 Å². The average molecular weight is 391 g/mol. The molecule has 0 aliphatic carbocycles. The van der Waals surface area contributed by atoms with Crippen molar-refractivity contribution in [3.05, 3.63) is 88.5 Å². The molecule has 0 saturated carbocycles. The van der Waals surface area contributed by atoms with Gasteiger partial charge in [0.25, 0.3) is 11.5 Å². The lowest BCUT2D eigenvalue weighted by Gasteiger charge is -2.04. The topological polar surface area (TPSA) is 142 Å². The Balaban J connectivity index is 0.000000188. The van der Waals surface area contributed by atoms with Crippen molar-refractivity contribution >= 4 is 23.0 Å². The molecule has 9 nitrogen and oxygen atoms in total. The maximum absolute atomic E-state index is 11.7. The van der Waals surface area contributed by atoms with Gasteiger partial charge in [0.05, 0.1) is 13.0 Å². The van der Waals surface area contributed by atoms with Gasteiger partial charge in [-0.3, -0.25) is 14.6 Å². The molecule has 2 aromatic carbocycles. The molecule has 0 bridgehead atoms. The molecular weight excluding hydrogens is 370 g/mol. The molecule has 0 saturated heterocycles. The molecule has 29 heavy (non-hydrogen) atoms. The van der Waals surface area contributed by atoms with Gasteiger partial charge < -0.3 is 21.4 Å². The Morgan fingerprint density at radius 2 is 1.72 bits per heavy atom. The number of aromatic amines is 2. The minimum Gasteiger partial charge on any atom is -0.352 e. The van der Waals surface area contributed by atoms with Gasteiger partial charge in [-0.1, -0.05) is 48.5 Å². The Morgan fingerprint density at radius 1 is 1.03 bits per heavy atom. The van der Waals surface area contributed by atoms with Gasteiger partial charge in [-0.15, -0.1) is 0 Å². The molecule has 1 amide bonds. The molecule has 4 rings (SSSR count). The van der Waals surface area contributed by atoms with Gasteiger partial charge in [-0.25, -0.2) is 4.98 Å². The number of imidazole rings is 1. The van der Waals surface area contributed by atoms with E-state index in [9.17, 15) is 9.59 Å². The normalized spacial score (nSPS) is 10.1. The summed E-state index contributed by atoms with van der Waals surface area (Å²) in [5.74, 6) is 0.288. The first-order valence-electron chi connectivity index (χ1n) is 8.92. The molecule has 6 N–H and O–H groups in total. The summed E-state index contributed by atoms with van der Waals surface area (Å²) in [7, 11) is 0. The lowest BCUT2D eigenvalue weighted by molar-refractivity contribution is 0.0955. The van der Waals surface area contributed by atoms with E-state index in [1.54, 1.807) is 12.1 Å². The van der Waals surface area contributed by atoms with E-state index in [4.69, 9.17) is 5.73 Å². The molecule has 0 atom stereocenters. The molecule has 9 heteroatoms.